The summed E-state index contributed by atoms with van der Waals surface area (Å²) in [5.41, 5.74) is -2.39. The van der Waals surface area contributed by atoms with E-state index in [1.165, 1.54) is 6.33 Å². The number of halogens is 3. The smallest absolute Gasteiger partial charge is 0.380 e. The Kier molecular flexibility index (Phi) is 6.33. The first kappa shape index (κ1) is 22.8. The molecule has 11 heteroatoms. The molecule has 174 valence electrons. The molecule has 4 rings (SSSR count). The maximum Gasteiger partial charge on any atom is 0.511 e. The summed E-state index contributed by atoms with van der Waals surface area (Å²) in [6.07, 6.45) is 5.87. The summed E-state index contributed by atoms with van der Waals surface area (Å²) in [5.74, 6) is 0.161. The molecular formula is C21H25F3N4O3S. The minimum Gasteiger partial charge on any atom is -0.380 e. The van der Waals surface area contributed by atoms with Gasteiger partial charge in [-0.2, -0.15) is 17.5 Å². The second-order valence-corrected chi connectivity index (χ2v) is 10.0. The summed E-state index contributed by atoms with van der Waals surface area (Å²) in [7, 11) is -5.50. The maximum absolute atomic E-state index is 13.5. The molecule has 1 N–H and O–H groups in total. The Hall–Kier alpha value is -2.37. The van der Waals surface area contributed by atoms with Crippen LogP contribution in [0.4, 0.5) is 18.9 Å². The third-order valence-electron chi connectivity index (χ3n) is 5.96. The van der Waals surface area contributed by atoms with Gasteiger partial charge in [0.05, 0.1) is 31.8 Å². The van der Waals surface area contributed by atoms with Crippen LogP contribution in [0.2, 0.25) is 0 Å². The van der Waals surface area contributed by atoms with Crippen LogP contribution < -0.4 is 4.90 Å². The highest BCUT2D eigenvalue weighted by atomic mass is 32.2. The second-order valence-electron chi connectivity index (χ2n) is 8.09. The number of anilines is 1. The molecule has 3 heterocycles. The number of rotatable bonds is 7. The van der Waals surface area contributed by atoms with Crippen molar-refractivity contribution in [1.29, 1.82) is 0 Å². The molecule has 1 aromatic carbocycles. The number of sulfonamides is 1. The van der Waals surface area contributed by atoms with Gasteiger partial charge in [-0.15, -0.1) is 6.58 Å². The predicted molar refractivity (Wildman–Crippen MR) is 113 cm³/mol. The van der Waals surface area contributed by atoms with Gasteiger partial charge in [0.25, 0.3) is 0 Å². The summed E-state index contributed by atoms with van der Waals surface area (Å²) in [6.45, 7) is 4.54. The van der Waals surface area contributed by atoms with Gasteiger partial charge in [-0.3, -0.25) is 0 Å². The number of H-pyrrole nitrogens is 1. The summed E-state index contributed by atoms with van der Waals surface area (Å²) in [5, 5.41) is 0. The molecule has 1 saturated heterocycles. The van der Waals surface area contributed by atoms with Gasteiger partial charge in [-0.25, -0.2) is 13.4 Å². The number of ether oxygens (including phenoxy) is 1. The number of imidazole rings is 1. The van der Waals surface area contributed by atoms with Gasteiger partial charge in [-0.1, -0.05) is 18.2 Å². The van der Waals surface area contributed by atoms with E-state index in [1.807, 2.05) is 23.1 Å². The van der Waals surface area contributed by atoms with E-state index in [9.17, 15) is 21.6 Å². The largest absolute Gasteiger partial charge is 0.511 e. The van der Waals surface area contributed by atoms with Crippen LogP contribution in [0.1, 0.15) is 35.6 Å². The first-order valence-electron chi connectivity index (χ1n) is 10.3. The lowest BCUT2D eigenvalue weighted by atomic mass is 9.94. The van der Waals surface area contributed by atoms with Crippen molar-refractivity contribution in [2.45, 2.75) is 43.4 Å². The lowest BCUT2D eigenvalue weighted by Gasteiger charge is -2.34. The highest BCUT2D eigenvalue weighted by Gasteiger charge is 2.51. The monoisotopic (exact) mass is 470 g/mol. The zero-order chi connectivity index (χ0) is 22.9. The van der Waals surface area contributed by atoms with E-state index < -0.39 is 21.6 Å². The van der Waals surface area contributed by atoms with E-state index in [1.54, 1.807) is 12.3 Å². The SMILES string of the molecule is C=CCCC1CN(S(=O)(=O)C(F)(F)F)Cc2cc(C3COC3)ccc2N1Cc1cnc[nH]1. The number of aromatic nitrogens is 2. The summed E-state index contributed by atoms with van der Waals surface area (Å²) < 4.78 is 71.1. The summed E-state index contributed by atoms with van der Waals surface area (Å²) in [6, 6.07) is 5.17. The molecule has 7 nitrogen and oxygen atoms in total. The topological polar surface area (TPSA) is 78.5 Å². The summed E-state index contributed by atoms with van der Waals surface area (Å²) in [4.78, 5) is 9.03. The molecule has 0 spiro atoms. The molecule has 2 aliphatic heterocycles. The number of alkyl halides is 3. The van der Waals surface area contributed by atoms with Gasteiger partial charge in [0.15, 0.2) is 0 Å². The van der Waals surface area contributed by atoms with Crippen molar-refractivity contribution in [1.82, 2.24) is 14.3 Å². The minimum absolute atomic E-state index is 0.161. The molecule has 0 radical (unpaired) electrons. The number of hydrogen-bond donors (Lipinski definition) is 1. The normalized spacial score (nSPS) is 20.5. The zero-order valence-corrected chi connectivity index (χ0v) is 18.2. The molecule has 0 aliphatic carbocycles. The Morgan fingerprint density at radius 3 is 2.69 bits per heavy atom. The van der Waals surface area contributed by atoms with Crippen molar-refractivity contribution in [3.05, 3.63) is 60.2 Å². The van der Waals surface area contributed by atoms with Crippen LogP contribution in [0, 0.1) is 0 Å². The first-order valence-corrected chi connectivity index (χ1v) is 11.8. The Balaban J connectivity index is 1.79. The molecule has 0 amide bonds. The average Bonchev–Trinajstić information content (AvgIpc) is 3.14. The van der Waals surface area contributed by atoms with Gasteiger partial charge < -0.3 is 14.6 Å². The number of fused-ring (bicyclic) bond motifs is 1. The van der Waals surface area contributed by atoms with E-state index in [0.717, 1.165) is 16.9 Å². The number of aromatic amines is 1. The van der Waals surface area contributed by atoms with E-state index in [0.29, 0.717) is 42.5 Å². The van der Waals surface area contributed by atoms with E-state index in [2.05, 4.69) is 16.5 Å². The van der Waals surface area contributed by atoms with Crippen LogP contribution in [0.3, 0.4) is 0 Å². The van der Waals surface area contributed by atoms with Crippen LogP contribution >= 0.6 is 0 Å². The number of nitrogens with zero attached hydrogens (tertiary/aromatic N) is 3. The van der Waals surface area contributed by atoms with Gasteiger partial charge >= 0.3 is 15.5 Å². The fourth-order valence-electron chi connectivity index (χ4n) is 4.14. The van der Waals surface area contributed by atoms with Crippen LogP contribution in [-0.2, 0) is 27.8 Å². The standard InChI is InChI=1S/C21H25F3N4O3S/c1-2-3-4-19-11-27(32(29,30)21(22,23)24)9-16-7-15(17-12-31-13-17)5-6-20(16)28(19)10-18-8-25-14-26-18/h2,5-8,14,17,19H,1,3-4,9-13H2,(H,25,26). The van der Waals surface area contributed by atoms with Gasteiger partial charge in [-0.05, 0) is 30.0 Å². The molecule has 2 aromatic rings. The third kappa shape index (κ3) is 4.41. The van der Waals surface area contributed by atoms with E-state index in [4.69, 9.17) is 4.74 Å². The highest BCUT2D eigenvalue weighted by molar-refractivity contribution is 7.89. The number of allylic oxidation sites excluding steroid dienone is 1. The van der Waals surface area contributed by atoms with Crippen molar-refractivity contribution in [3.63, 3.8) is 0 Å². The summed E-state index contributed by atoms with van der Waals surface area (Å²) >= 11 is 0. The number of hydrogen-bond acceptors (Lipinski definition) is 5. The Morgan fingerprint density at radius 1 is 1.31 bits per heavy atom. The lowest BCUT2D eigenvalue weighted by Crippen LogP contribution is -2.46. The molecule has 0 bridgehead atoms. The molecule has 1 aromatic heterocycles. The molecule has 0 saturated carbocycles. The molecule has 1 fully saturated rings. The fourth-order valence-corrected chi connectivity index (χ4v) is 5.11. The van der Waals surface area contributed by atoms with Crippen LogP contribution in [-0.4, -0.2) is 54.0 Å². The van der Waals surface area contributed by atoms with Gasteiger partial charge in [0.1, 0.15) is 0 Å². The number of nitrogens with one attached hydrogen (secondary N) is 1. The fraction of sp³-hybridized carbons (Fsp3) is 0.476. The minimum atomic E-state index is -5.50. The van der Waals surface area contributed by atoms with Crippen LogP contribution in [0.15, 0.2) is 43.4 Å². The lowest BCUT2D eigenvalue weighted by molar-refractivity contribution is -0.0492. The third-order valence-corrected chi connectivity index (χ3v) is 7.50. The van der Waals surface area contributed by atoms with Gasteiger partial charge in [0.2, 0.25) is 0 Å². The average molecular weight is 471 g/mol. The van der Waals surface area contributed by atoms with Crippen molar-refractivity contribution >= 4 is 15.7 Å². The Morgan fingerprint density at radius 2 is 2.09 bits per heavy atom. The van der Waals surface area contributed by atoms with Crippen LogP contribution in [0.5, 0.6) is 0 Å². The predicted octanol–water partition coefficient (Wildman–Crippen LogP) is 3.53. The first-order chi connectivity index (χ1) is 15.2. The van der Waals surface area contributed by atoms with Crippen molar-refractivity contribution in [2.24, 2.45) is 0 Å². The van der Waals surface area contributed by atoms with Crippen molar-refractivity contribution in [2.75, 3.05) is 24.7 Å². The molecular weight excluding hydrogens is 445 g/mol. The quantitative estimate of drug-likeness (QED) is 0.627. The maximum atomic E-state index is 13.5. The van der Waals surface area contributed by atoms with Crippen LogP contribution in [0.25, 0.3) is 0 Å². The Labute approximate surface area is 184 Å². The van der Waals surface area contributed by atoms with E-state index in [-0.39, 0.29) is 19.0 Å². The van der Waals surface area contributed by atoms with Crippen molar-refractivity contribution < 1.29 is 26.3 Å². The van der Waals surface area contributed by atoms with Gasteiger partial charge in [0, 0.05) is 36.9 Å². The molecule has 1 atom stereocenters. The highest BCUT2D eigenvalue weighted by Crippen LogP contribution is 2.37. The molecule has 2 aliphatic rings. The van der Waals surface area contributed by atoms with E-state index >= 15 is 0 Å². The zero-order valence-electron chi connectivity index (χ0n) is 17.4. The second kappa shape index (κ2) is 8.87. The molecule has 32 heavy (non-hydrogen) atoms. The molecule has 1 unspecified atom stereocenters. The van der Waals surface area contributed by atoms with Crippen molar-refractivity contribution in [3.8, 4) is 0 Å². The Bertz CT molecular complexity index is 1050. The number of benzene rings is 1.